The number of anilines is 1. The van der Waals surface area contributed by atoms with Crippen molar-refractivity contribution >= 4 is 33.4 Å². The van der Waals surface area contributed by atoms with Crippen molar-refractivity contribution in [3.8, 4) is 11.3 Å². The molecule has 5 heterocycles. The van der Waals surface area contributed by atoms with Gasteiger partial charge in [0, 0.05) is 69.2 Å². The van der Waals surface area contributed by atoms with Crippen LogP contribution in [0.3, 0.4) is 0 Å². The van der Waals surface area contributed by atoms with Crippen LogP contribution >= 0.6 is 0 Å². The molecule has 3 aromatic heterocycles. The van der Waals surface area contributed by atoms with Crippen LogP contribution < -0.4 is 4.90 Å². The van der Waals surface area contributed by atoms with Crippen LogP contribution in [0.4, 0.5) is 5.82 Å². The maximum atomic E-state index is 11.1. The molecule has 0 radical (unpaired) electrons. The van der Waals surface area contributed by atoms with Crippen LogP contribution in [0.5, 0.6) is 0 Å². The summed E-state index contributed by atoms with van der Waals surface area (Å²) in [5.74, 6) is 1.08. The molecule has 0 aliphatic carbocycles. The van der Waals surface area contributed by atoms with Gasteiger partial charge in [-0.05, 0) is 6.07 Å². The average molecular weight is 497 g/mol. The fourth-order valence-corrected chi connectivity index (χ4v) is 5.45. The third-order valence-electron chi connectivity index (χ3n) is 6.68. The first-order valence-electron chi connectivity index (χ1n) is 11.8. The van der Waals surface area contributed by atoms with E-state index in [9.17, 15) is 4.21 Å². The zero-order valence-electron chi connectivity index (χ0n) is 19.3. The lowest BCUT2D eigenvalue weighted by Gasteiger charge is -2.33. The second-order valence-electron chi connectivity index (χ2n) is 8.99. The van der Waals surface area contributed by atoms with E-state index in [4.69, 9.17) is 19.3 Å². The van der Waals surface area contributed by atoms with Crippen molar-refractivity contribution in [2.24, 2.45) is 0 Å². The van der Waals surface area contributed by atoms with Gasteiger partial charge >= 0.3 is 0 Å². The smallest absolute Gasteiger partial charge is 0.180 e. The number of aromatic nitrogens is 5. The highest BCUT2D eigenvalue weighted by Crippen LogP contribution is 2.30. The molecule has 0 saturated carbocycles. The Labute approximate surface area is 205 Å². The molecule has 0 amide bonds. The maximum Gasteiger partial charge on any atom is 0.180 e. The van der Waals surface area contributed by atoms with Gasteiger partial charge in [0.05, 0.1) is 36.3 Å². The van der Waals surface area contributed by atoms with Crippen LogP contribution in [0.25, 0.3) is 27.8 Å². The van der Waals surface area contributed by atoms with Crippen molar-refractivity contribution in [1.29, 1.82) is 0 Å². The van der Waals surface area contributed by atoms with Gasteiger partial charge in [-0.2, -0.15) is 5.10 Å². The number of H-pyrrole nitrogens is 1. The number of morpholine rings is 1. The summed E-state index contributed by atoms with van der Waals surface area (Å²) in [5.41, 5.74) is 4.71. The summed E-state index contributed by atoms with van der Waals surface area (Å²) in [5, 5.41) is 8.29. The van der Waals surface area contributed by atoms with Crippen LogP contribution in [0.1, 0.15) is 5.69 Å². The number of benzene rings is 1. The zero-order valence-corrected chi connectivity index (χ0v) is 20.2. The molecule has 0 bridgehead atoms. The minimum absolute atomic E-state index is 0.211. The van der Waals surface area contributed by atoms with Gasteiger partial charge in [0.1, 0.15) is 5.88 Å². The first-order valence-corrected chi connectivity index (χ1v) is 13.1. The number of fused-ring (bicyclic) bond motifs is 2. The molecule has 2 N–H and O–H groups in total. The molecule has 6 rings (SSSR count). The maximum absolute atomic E-state index is 11.1. The van der Waals surface area contributed by atoms with E-state index in [0.717, 1.165) is 85.1 Å². The van der Waals surface area contributed by atoms with Crippen LogP contribution in [-0.2, 0) is 22.4 Å². The molecule has 4 aromatic rings. The van der Waals surface area contributed by atoms with Gasteiger partial charge in [-0.3, -0.25) is 14.9 Å². The second-order valence-corrected chi connectivity index (χ2v) is 9.90. The molecule has 2 aliphatic heterocycles. The molecule has 1 unspecified atom stereocenters. The number of imidazole rings is 1. The molecular weight excluding hydrogens is 468 g/mol. The molecule has 11 nitrogen and oxygen atoms in total. The third kappa shape index (κ3) is 4.67. The van der Waals surface area contributed by atoms with Gasteiger partial charge in [-0.25, -0.2) is 14.2 Å². The van der Waals surface area contributed by atoms with E-state index < -0.39 is 11.1 Å². The van der Waals surface area contributed by atoms with Crippen molar-refractivity contribution < 1.29 is 13.5 Å². The first-order chi connectivity index (χ1) is 17.1. The highest BCUT2D eigenvalue weighted by molar-refractivity contribution is 7.79. The second kappa shape index (κ2) is 9.63. The lowest BCUT2D eigenvalue weighted by Crippen LogP contribution is -2.46. The number of hydrogen-bond donors (Lipinski definition) is 2. The number of ether oxygens (including phenoxy) is 1. The summed E-state index contributed by atoms with van der Waals surface area (Å²) in [4.78, 5) is 16.7. The molecule has 0 spiro atoms. The van der Waals surface area contributed by atoms with Crippen molar-refractivity contribution in [3.63, 3.8) is 0 Å². The Kier molecular flexibility index (Phi) is 6.20. The van der Waals surface area contributed by atoms with Gasteiger partial charge in [0.15, 0.2) is 22.5 Å². The number of rotatable bonds is 6. The Morgan fingerprint density at radius 1 is 1.03 bits per heavy atom. The summed E-state index contributed by atoms with van der Waals surface area (Å²) >= 11 is -1.79. The molecule has 2 aliphatic rings. The van der Waals surface area contributed by atoms with E-state index >= 15 is 0 Å². The largest absolute Gasteiger partial charge is 0.378 e. The molecule has 1 aromatic carbocycles. The predicted molar refractivity (Wildman–Crippen MR) is 134 cm³/mol. The van der Waals surface area contributed by atoms with Crippen LogP contribution in [0, 0.1) is 0 Å². The zero-order chi connectivity index (χ0) is 23.8. The third-order valence-corrected chi connectivity index (χ3v) is 7.27. The number of nitrogens with one attached hydrogen (secondary N) is 1. The number of hydrogen-bond acceptors (Lipinski definition) is 8. The number of aromatic amines is 1. The number of nitrogens with zero attached hydrogens (tertiary/aromatic N) is 7. The first kappa shape index (κ1) is 22.6. The highest BCUT2D eigenvalue weighted by atomic mass is 32.2. The van der Waals surface area contributed by atoms with E-state index in [0.29, 0.717) is 13.2 Å². The van der Waals surface area contributed by atoms with Crippen molar-refractivity contribution in [2.45, 2.75) is 6.54 Å². The average Bonchev–Trinajstić information content (AvgIpc) is 3.51. The summed E-state index contributed by atoms with van der Waals surface area (Å²) in [6, 6.07) is 6.10. The fraction of sp³-hybridized carbons (Fsp3) is 0.435. The van der Waals surface area contributed by atoms with E-state index in [-0.39, 0.29) is 5.88 Å². The summed E-state index contributed by atoms with van der Waals surface area (Å²) in [6.45, 7) is 6.86. The summed E-state index contributed by atoms with van der Waals surface area (Å²) < 4.78 is 27.9. The Bertz CT molecular complexity index is 1360. The van der Waals surface area contributed by atoms with E-state index in [2.05, 4.69) is 36.7 Å². The molecule has 2 saturated heterocycles. The highest BCUT2D eigenvalue weighted by Gasteiger charge is 2.22. The van der Waals surface area contributed by atoms with Gasteiger partial charge in [-0.1, -0.05) is 12.1 Å². The molecule has 2 fully saturated rings. The SMILES string of the molecule is O=S(O)CN1CCN(Cc2cn3cc(-c4cccc5[nH]ncc45)nc(N4CCOCC4)c3n2)CC1. The molecule has 12 heteroatoms. The normalized spacial score (nSPS) is 19.1. The van der Waals surface area contributed by atoms with Crippen LogP contribution in [-0.4, -0.2) is 101 Å². The lowest BCUT2D eigenvalue weighted by molar-refractivity contribution is 0.122. The van der Waals surface area contributed by atoms with Gasteiger partial charge < -0.3 is 18.6 Å². The van der Waals surface area contributed by atoms with Crippen molar-refractivity contribution in [2.75, 3.05) is 63.3 Å². The van der Waals surface area contributed by atoms with Crippen LogP contribution in [0.15, 0.2) is 36.8 Å². The Morgan fingerprint density at radius 3 is 2.63 bits per heavy atom. The molecule has 1 atom stereocenters. The molecule has 35 heavy (non-hydrogen) atoms. The van der Waals surface area contributed by atoms with Crippen LogP contribution in [0.2, 0.25) is 0 Å². The minimum atomic E-state index is -1.79. The van der Waals surface area contributed by atoms with Gasteiger partial charge in [0.2, 0.25) is 0 Å². The van der Waals surface area contributed by atoms with Crippen molar-refractivity contribution in [1.82, 2.24) is 34.4 Å². The van der Waals surface area contributed by atoms with Gasteiger partial charge in [0.25, 0.3) is 0 Å². The van der Waals surface area contributed by atoms with E-state index in [1.54, 1.807) is 0 Å². The topological polar surface area (TPSA) is 115 Å². The monoisotopic (exact) mass is 496 g/mol. The number of piperazine rings is 1. The quantitative estimate of drug-likeness (QED) is 0.382. The minimum Gasteiger partial charge on any atom is -0.378 e. The Balaban J connectivity index is 1.33. The molecule has 184 valence electrons. The Morgan fingerprint density at radius 2 is 1.83 bits per heavy atom. The van der Waals surface area contributed by atoms with E-state index in [1.165, 1.54) is 0 Å². The van der Waals surface area contributed by atoms with Gasteiger partial charge in [-0.15, -0.1) is 0 Å². The molecular formula is C23H28N8O3S. The predicted octanol–water partition coefficient (Wildman–Crippen LogP) is 1.41. The Hall–Kier alpha value is -2.90. The van der Waals surface area contributed by atoms with Crippen molar-refractivity contribution in [3.05, 3.63) is 42.5 Å². The standard InChI is InChI=1S/C23H28N8O3S/c32-35(33)16-29-6-4-28(5-7-29)13-17-14-31-15-21(18-2-1-3-20-19(18)12-24-27-20)26-23(22(31)25-17)30-8-10-34-11-9-30/h1-3,12,14-15H,4-11,13,16H2,(H,24,27)(H,32,33). The fourth-order valence-electron chi connectivity index (χ4n) is 4.88. The summed E-state index contributed by atoms with van der Waals surface area (Å²) in [6.07, 6.45) is 5.98. The lowest BCUT2D eigenvalue weighted by atomic mass is 10.1. The van der Waals surface area contributed by atoms with E-state index in [1.807, 2.05) is 29.4 Å². The summed E-state index contributed by atoms with van der Waals surface area (Å²) in [7, 11) is 0.